The number of fused-ring (bicyclic) bond motifs is 1. The minimum atomic E-state index is -3.18. The molecule has 0 radical (unpaired) electrons. The highest BCUT2D eigenvalue weighted by atomic mass is 79.9. The van der Waals surface area contributed by atoms with Crippen LogP contribution in [0.1, 0.15) is 24.5 Å². The summed E-state index contributed by atoms with van der Waals surface area (Å²) in [7, 11) is -1.61. The van der Waals surface area contributed by atoms with Gasteiger partial charge in [-0.3, -0.25) is 0 Å². The van der Waals surface area contributed by atoms with Crippen LogP contribution in [0.2, 0.25) is 0 Å². The van der Waals surface area contributed by atoms with Gasteiger partial charge < -0.3 is 24.3 Å². The summed E-state index contributed by atoms with van der Waals surface area (Å²) < 4.78 is 61.4. The average molecular weight is 673 g/mol. The SMILES string of the molecule is COc1cc2ncnc(Nc3ccc(OCc4cccc(F)c4)c(Br)c3)c2cc1C1(C(C)OCCS(C)(=O)=O)CC=CO1. The standard InChI is InChI=1S/C31H31BrFN3O6S/c1-20(40-12-13-43(3,37)38)31(10-5-11-42-31)25-16-24-27(17-29(25)39-2)34-19-35-30(24)36-23-8-9-28(26(32)15-23)41-18-21-6-4-7-22(33)14-21/h4-9,11,14-17,19-20H,10,12-13,18H2,1-3H3,(H,34,35,36). The Bertz CT molecular complexity index is 1760. The van der Waals surface area contributed by atoms with E-state index in [4.69, 9.17) is 18.9 Å². The number of ether oxygens (including phenoxy) is 4. The van der Waals surface area contributed by atoms with E-state index in [1.54, 1.807) is 25.5 Å². The maximum atomic E-state index is 13.5. The molecule has 226 valence electrons. The number of halogens is 2. The molecule has 1 aliphatic heterocycles. The minimum absolute atomic E-state index is 0.0355. The maximum Gasteiger partial charge on any atom is 0.166 e. The fourth-order valence-corrected chi connectivity index (χ4v) is 5.80. The molecule has 0 spiro atoms. The Morgan fingerprint density at radius 1 is 1.14 bits per heavy atom. The first-order valence-electron chi connectivity index (χ1n) is 13.5. The Kier molecular flexibility index (Phi) is 9.19. The lowest BCUT2D eigenvalue weighted by atomic mass is 9.85. The van der Waals surface area contributed by atoms with E-state index >= 15 is 0 Å². The zero-order valence-corrected chi connectivity index (χ0v) is 26.2. The smallest absolute Gasteiger partial charge is 0.166 e. The fraction of sp³-hybridized carbons (Fsp3) is 0.290. The number of aromatic nitrogens is 2. The van der Waals surface area contributed by atoms with Gasteiger partial charge in [-0.05, 0) is 70.9 Å². The van der Waals surface area contributed by atoms with Crippen LogP contribution in [0.25, 0.3) is 10.9 Å². The van der Waals surface area contributed by atoms with Gasteiger partial charge in [0, 0.05) is 35.4 Å². The average Bonchev–Trinajstić information content (AvgIpc) is 3.47. The van der Waals surface area contributed by atoms with Gasteiger partial charge in [-0.1, -0.05) is 12.1 Å². The number of hydrogen-bond acceptors (Lipinski definition) is 9. The van der Waals surface area contributed by atoms with Crippen LogP contribution in [0, 0.1) is 5.82 Å². The lowest BCUT2D eigenvalue weighted by molar-refractivity contribution is -0.0973. The Balaban J connectivity index is 1.43. The van der Waals surface area contributed by atoms with Crippen molar-refractivity contribution < 1.29 is 31.8 Å². The first-order valence-corrected chi connectivity index (χ1v) is 16.3. The molecule has 2 atom stereocenters. The molecule has 0 saturated carbocycles. The highest BCUT2D eigenvalue weighted by molar-refractivity contribution is 9.10. The van der Waals surface area contributed by atoms with Crippen molar-refractivity contribution in [1.82, 2.24) is 9.97 Å². The van der Waals surface area contributed by atoms with Crippen molar-refractivity contribution in [2.24, 2.45) is 0 Å². The lowest BCUT2D eigenvalue weighted by Gasteiger charge is -2.36. The van der Waals surface area contributed by atoms with Crippen LogP contribution >= 0.6 is 15.9 Å². The summed E-state index contributed by atoms with van der Waals surface area (Å²) in [6, 6.07) is 15.6. The molecule has 12 heteroatoms. The van der Waals surface area contributed by atoms with Crippen LogP contribution in [0.15, 0.2) is 77.7 Å². The predicted octanol–water partition coefficient (Wildman–Crippen LogP) is 6.44. The predicted molar refractivity (Wildman–Crippen MR) is 166 cm³/mol. The van der Waals surface area contributed by atoms with Crippen LogP contribution in [0.5, 0.6) is 11.5 Å². The molecule has 0 fully saturated rings. The summed E-state index contributed by atoms with van der Waals surface area (Å²) in [5, 5.41) is 4.08. The van der Waals surface area contributed by atoms with Crippen LogP contribution in [-0.2, 0) is 31.5 Å². The van der Waals surface area contributed by atoms with Gasteiger partial charge in [-0.2, -0.15) is 0 Å². The van der Waals surface area contributed by atoms with Crippen LogP contribution in [-0.4, -0.2) is 50.2 Å². The minimum Gasteiger partial charge on any atom is -0.496 e. The van der Waals surface area contributed by atoms with Crippen molar-refractivity contribution in [3.8, 4) is 11.5 Å². The second kappa shape index (κ2) is 12.9. The van der Waals surface area contributed by atoms with E-state index in [1.807, 2.05) is 43.3 Å². The van der Waals surface area contributed by atoms with Crippen molar-refractivity contribution in [1.29, 1.82) is 0 Å². The molecular formula is C31H31BrFN3O6S. The van der Waals surface area contributed by atoms with E-state index in [-0.39, 0.29) is 24.8 Å². The Labute approximate surface area is 258 Å². The summed E-state index contributed by atoms with van der Waals surface area (Å²) in [6.07, 6.45) is 6.15. The summed E-state index contributed by atoms with van der Waals surface area (Å²) in [5.74, 6) is 1.31. The zero-order valence-electron chi connectivity index (χ0n) is 23.8. The lowest BCUT2D eigenvalue weighted by Crippen LogP contribution is -2.40. The largest absolute Gasteiger partial charge is 0.496 e. The zero-order chi connectivity index (χ0) is 30.6. The summed E-state index contributed by atoms with van der Waals surface area (Å²) in [6.45, 7) is 2.11. The van der Waals surface area contributed by atoms with Gasteiger partial charge in [0.05, 0.1) is 41.8 Å². The summed E-state index contributed by atoms with van der Waals surface area (Å²) >= 11 is 3.57. The molecule has 1 aromatic heterocycles. The van der Waals surface area contributed by atoms with Crippen LogP contribution in [0.4, 0.5) is 15.9 Å². The topological polar surface area (TPSA) is 109 Å². The molecule has 9 nitrogen and oxygen atoms in total. The summed E-state index contributed by atoms with van der Waals surface area (Å²) in [4.78, 5) is 8.96. The van der Waals surface area contributed by atoms with Crippen molar-refractivity contribution in [3.63, 3.8) is 0 Å². The molecule has 2 unspecified atom stereocenters. The van der Waals surface area contributed by atoms with E-state index < -0.39 is 21.5 Å². The highest BCUT2D eigenvalue weighted by Crippen LogP contribution is 2.45. The molecular weight excluding hydrogens is 641 g/mol. The molecule has 4 aromatic rings. The number of anilines is 2. The van der Waals surface area contributed by atoms with Crippen molar-refractivity contribution in [3.05, 3.63) is 94.7 Å². The number of methoxy groups -OCH3 is 1. The molecule has 0 saturated heterocycles. The normalized spacial score (nSPS) is 17.0. The van der Waals surface area contributed by atoms with Gasteiger partial charge in [0.1, 0.15) is 45.9 Å². The van der Waals surface area contributed by atoms with Crippen LogP contribution < -0.4 is 14.8 Å². The van der Waals surface area contributed by atoms with E-state index in [0.717, 1.165) is 22.2 Å². The van der Waals surface area contributed by atoms with Gasteiger partial charge in [-0.15, -0.1) is 0 Å². The highest BCUT2D eigenvalue weighted by Gasteiger charge is 2.44. The third kappa shape index (κ3) is 7.09. The van der Waals surface area contributed by atoms with Gasteiger partial charge in [0.15, 0.2) is 5.60 Å². The second-order valence-corrected chi connectivity index (χ2v) is 13.3. The molecule has 1 aliphatic rings. The molecule has 2 heterocycles. The third-order valence-electron chi connectivity index (χ3n) is 7.16. The quantitative estimate of drug-likeness (QED) is 0.182. The number of sulfone groups is 1. The molecule has 0 bridgehead atoms. The number of nitrogens with one attached hydrogen (secondary N) is 1. The number of rotatable bonds is 12. The van der Waals surface area contributed by atoms with Crippen molar-refractivity contribution in [2.45, 2.75) is 31.7 Å². The van der Waals surface area contributed by atoms with E-state index in [1.165, 1.54) is 24.7 Å². The Morgan fingerprint density at radius 2 is 1.98 bits per heavy atom. The van der Waals surface area contributed by atoms with Crippen molar-refractivity contribution in [2.75, 3.05) is 31.0 Å². The monoisotopic (exact) mass is 671 g/mol. The van der Waals surface area contributed by atoms with Crippen molar-refractivity contribution >= 4 is 48.2 Å². The van der Waals surface area contributed by atoms with E-state index in [9.17, 15) is 12.8 Å². The molecule has 0 aliphatic carbocycles. The van der Waals surface area contributed by atoms with Gasteiger partial charge in [0.25, 0.3) is 0 Å². The number of benzene rings is 3. The molecule has 43 heavy (non-hydrogen) atoms. The summed E-state index contributed by atoms with van der Waals surface area (Å²) in [5.41, 5.74) is 1.89. The molecule has 0 amide bonds. The van der Waals surface area contributed by atoms with Gasteiger partial charge in [-0.25, -0.2) is 22.8 Å². The van der Waals surface area contributed by atoms with E-state index in [2.05, 4.69) is 31.2 Å². The number of hydrogen-bond donors (Lipinski definition) is 1. The van der Waals surface area contributed by atoms with E-state index in [0.29, 0.717) is 33.7 Å². The Morgan fingerprint density at radius 3 is 2.67 bits per heavy atom. The third-order valence-corrected chi connectivity index (χ3v) is 8.69. The molecule has 5 rings (SSSR count). The second-order valence-electron chi connectivity index (χ2n) is 10.2. The van der Waals surface area contributed by atoms with Crippen LogP contribution in [0.3, 0.4) is 0 Å². The molecule has 1 N–H and O–H groups in total. The number of nitrogens with zero attached hydrogens (tertiary/aromatic N) is 2. The molecule has 3 aromatic carbocycles. The fourth-order valence-electron chi connectivity index (χ4n) is 4.91. The first kappa shape index (κ1) is 30.7. The first-order chi connectivity index (χ1) is 20.6. The van der Waals surface area contributed by atoms with Gasteiger partial charge >= 0.3 is 0 Å². The maximum absolute atomic E-state index is 13.5. The van der Waals surface area contributed by atoms with Gasteiger partial charge in [0.2, 0.25) is 0 Å². The Hall–Kier alpha value is -3.74.